The van der Waals surface area contributed by atoms with Crippen molar-refractivity contribution in [3.63, 3.8) is 0 Å². The van der Waals surface area contributed by atoms with Gasteiger partial charge in [-0.2, -0.15) is 0 Å². The van der Waals surface area contributed by atoms with Crippen molar-refractivity contribution in [1.82, 2.24) is 16.0 Å². The third-order valence-electron chi connectivity index (χ3n) is 5.85. The number of rotatable bonds is 14. The summed E-state index contributed by atoms with van der Waals surface area (Å²) in [5.41, 5.74) is 4.31. The van der Waals surface area contributed by atoms with Crippen LogP contribution < -0.4 is 21.7 Å². The molecule has 0 saturated heterocycles. The number of carbonyl (C=O) groups excluding carboxylic acids is 8. The molecule has 0 aromatic rings. The second kappa shape index (κ2) is 17.6. The maximum atomic E-state index is 13.6. The van der Waals surface area contributed by atoms with Crippen LogP contribution in [-0.2, 0) is 62.0 Å². The fourth-order valence-electron chi connectivity index (χ4n) is 4.18. The SMILES string of the molecule is COC(=O)C1=C[C@H](NC(=O)[C@H](CCC(N)=O)NC(=O)OC(C)(C)C)[C@@H](NC(C)=O)[C@H]([C@H](OC(C)=O)[C@@H](COC(C)=O)OC(C)=O)O1. The van der Waals surface area contributed by atoms with Crippen molar-refractivity contribution in [1.29, 1.82) is 0 Å². The second-order valence-corrected chi connectivity index (χ2v) is 11.1. The Balaban J connectivity index is 3.70. The summed E-state index contributed by atoms with van der Waals surface area (Å²) in [5.74, 6) is -6.48. The van der Waals surface area contributed by atoms with Crippen LogP contribution in [0.1, 0.15) is 61.3 Å². The zero-order valence-electron chi connectivity index (χ0n) is 27.0. The minimum Gasteiger partial charge on any atom is -0.477 e. The van der Waals surface area contributed by atoms with E-state index in [2.05, 4.69) is 16.0 Å². The Hall–Kier alpha value is -4.90. The summed E-state index contributed by atoms with van der Waals surface area (Å²) in [6, 6.07) is -4.13. The van der Waals surface area contributed by atoms with E-state index in [1.165, 1.54) is 0 Å². The van der Waals surface area contributed by atoms with Crippen molar-refractivity contribution in [2.24, 2.45) is 5.73 Å². The van der Waals surface area contributed by atoms with Crippen molar-refractivity contribution in [2.45, 2.75) is 103 Å². The van der Waals surface area contributed by atoms with E-state index < -0.39 is 102 Å². The van der Waals surface area contributed by atoms with Gasteiger partial charge in [0, 0.05) is 34.1 Å². The number of hydrogen-bond acceptors (Lipinski definition) is 14. The third kappa shape index (κ3) is 13.8. The van der Waals surface area contributed by atoms with Gasteiger partial charge in [0.15, 0.2) is 18.3 Å². The number of nitrogens with one attached hydrogen (secondary N) is 3. The lowest BCUT2D eigenvalue weighted by atomic mass is 9.91. The predicted molar refractivity (Wildman–Crippen MR) is 154 cm³/mol. The summed E-state index contributed by atoms with van der Waals surface area (Å²) in [4.78, 5) is 98.4. The lowest BCUT2D eigenvalue weighted by Crippen LogP contribution is -2.65. The molecular weight excluding hydrogens is 616 g/mol. The summed E-state index contributed by atoms with van der Waals surface area (Å²) >= 11 is 0. The van der Waals surface area contributed by atoms with Gasteiger partial charge >= 0.3 is 30.0 Å². The van der Waals surface area contributed by atoms with Gasteiger partial charge < -0.3 is 50.1 Å². The van der Waals surface area contributed by atoms with Gasteiger partial charge in [0.25, 0.3) is 0 Å². The first-order valence-corrected chi connectivity index (χ1v) is 14.0. The van der Waals surface area contributed by atoms with Gasteiger partial charge in [0.2, 0.25) is 23.5 Å². The molecule has 0 fully saturated rings. The average Bonchev–Trinajstić information content (AvgIpc) is 2.90. The summed E-state index contributed by atoms with van der Waals surface area (Å²) in [6.45, 7) is 8.39. The van der Waals surface area contributed by atoms with Gasteiger partial charge in [-0.1, -0.05) is 0 Å². The van der Waals surface area contributed by atoms with Crippen LogP contribution in [0.15, 0.2) is 11.8 Å². The quantitative estimate of drug-likeness (QED) is 0.129. The van der Waals surface area contributed by atoms with E-state index in [0.29, 0.717) is 0 Å². The van der Waals surface area contributed by atoms with E-state index in [1.807, 2.05) is 0 Å². The average molecular weight is 659 g/mol. The molecule has 1 aliphatic rings. The number of primary amides is 1. The normalized spacial score (nSPS) is 19.3. The highest BCUT2D eigenvalue weighted by atomic mass is 16.6. The third-order valence-corrected chi connectivity index (χ3v) is 5.85. The van der Waals surface area contributed by atoms with E-state index in [9.17, 15) is 38.4 Å². The molecule has 18 nitrogen and oxygen atoms in total. The lowest BCUT2D eigenvalue weighted by Gasteiger charge is -2.42. The standard InChI is InChI=1S/C28H42N4O14/c1-13(33)30-22-18(31-25(38)17(9-10-21(29)37)32-27(40)46-28(5,6)7)11-19(26(39)41-8)45-24(22)23(44-16(4)36)20(43-15(3)35)12-42-14(2)34/h11,17-18,20,22-24H,9-10,12H2,1-8H3,(H2,29,37)(H,30,33)(H,31,38)(H,32,40)/t17-,18-,20+,22+,23+,24+/m0/s1. The zero-order valence-corrected chi connectivity index (χ0v) is 27.0. The molecule has 0 radical (unpaired) electrons. The molecule has 0 aromatic carbocycles. The maximum absolute atomic E-state index is 13.6. The second-order valence-electron chi connectivity index (χ2n) is 11.1. The van der Waals surface area contributed by atoms with Crippen molar-refractivity contribution in [2.75, 3.05) is 13.7 Å². The molecule has 258 valence electrons. The first-order valence-electron chi connectivity index (χ1n) is 14.0. The number of amides is 4. The lowest BCUT2D eigenvalue weighted by molar-refractivity contribution is -0.188. The monoisotopic (exact) mass is 658 g/mol. The molecule has 1 aliphatic heterocycles. The minimum absolute atomic E-state index is 0.265. The summed E-state index contributed by atoms with van der Waals surface area (Å²) in [7, 11) is 1.03. The van der Waals surface area contributed by atoms with E-state index in [4.69, 9.17) is 34.2 Å². The molecule has 0 spiro atoms. The van der Waals surface area contributed by atoms with Crippen LogP contribution >= 0.6 is 0 Å². The van der Waals surface area contributed by atoms with Gasteiger partial charge in [-0.15, -0.1) is 0 Å². The molecule has 5 N–H and O–H groups in total. The number of hydrogen-bond donors (Lipinski definition) is 4. The molecule has 4 amide bonds. The van der Waals surface area contributed by atoms with Crippen LogP contribution in [0.5, 0.6) is 0 Å². The molecule has 0 unspecified atom stereocenters. The van der Waals surface area contributed by atoms with Crippen LogP contribution in [0.2, 0.25) is 0 Å². The van der Waals surface area contributed by atoms with Crippen LogP contribution in [0.3, 0.4) is 0 Å². The summed E-state index contributed by atoms with van der Waals surface area (Å²) < 4.78 is 31.5. The van der Waals surface area contributed by atoms with E-state index in [-0.39, 0.29) is 12.8 Å². The van der Waals surface area contributed by atoms with Crippen molar-refractivity contribution >= 4 is 47.7 Å². The molecule has 0 aliphatic carbocycles. The van der Waals surface area contributed by atoms with E-state index >= 15 is 0 Å². The molecular formula is C28H42N4O14. The van der Waals surface area contributed by atoms with Crippen molar-refractivity contribution in [3.8, 4) is 0 Å². The number of esters is 4. The van der Waals surface area contributed by atoms with Crippen LogP contribution in [0.4, 0.5) is 4.79 Å². The van der Waals surface area contributed by atoms with Crippen molar-refractivity contribution in [3.05, 3.63) is 11.8 Å². The number of methoxy groups -OCH3 is 1. The number of carbonyl (C=O) groups is 8. The highest BCUT2D eigenvalue weighted by molar-refractivity contribution is 5.89. The smallest absolute Gasteiger partial charge is 0.408 e. The Morgan fingerprint density at radius 1 is 0.935 bits per heavy atom. The summed E-state index contributed by atoms with van der Waals surface area (Å²) in [6.07, 6.45) is -5.27. The Kier molecular flexibility index (Phi) is 14.9. The Labute approximate surface area is 265 Å². The Morgan fingerprint density at radius 3 is 2.02 bits per heavy atom. The van der Waals surface area contributed by atoms with Gasteiger partial charge in [-0.05, 0) is 33.3 Å². The molecule has 46 heavy (non-hydrogen) atoms. The highest BCUT2D eigenvalue weighted by Gasteiger charge is 2.48. The molecule has 6 atom stereocenters. The number of ether oxygens (including phenoxy) is 6. The Morgan fingerprint density at radius 2 is 1.54 bits per heavy atom. The van der Waals surface area contributed by atoms with Crippen LogP contribution in [-0.4, -0.2) is 103 Å². The van der Waals surface area contributed by atoms with E-state index in [1.54, 1.807) is 20.8 Å². The Bertz CT molecular complexity index is 1210. The zero-order chi connectivity index (χ0) is 35.4. The van der Waals surface area contributed by atoms with E-state index in [0.717, 1.165) is 40.9 Å². The largest absolute Gasteiger partial charge is 0.477 e. The maximum Gasteiger partial charge on any atom is 0.408 e. The first kappa shape index (κ1) is 39.1. The predicted octanol–water partition coefficient (Wildman–Crippen LogP) is -0.983. The fraction of sp³-hybridized carbons (Fsp3) is 0.643. The number of alkyl carbamates (subject to hydrolysis) is 1. The van der Waals surface area contributed by atoms with Gasteiger partial charge in [0.1, 0.15) is 18.2 Å². The topological polar surface area (TPSA) is 254 Å². The molecule has 1 rings (SSSR count). The van der Waals surface area contributed by atoms with Crippen LogP contribution in [0.25, 0.3) is 0 Å². The van der Waals surface area contributed by atoms with Gasteiger partial charge in [-0.25, -0.2) is 9.59 Å². The van der Waals surface area contributed by atoms with Gasteiger partial charge in [0.05, 0.1) is 19.2 Å². The van der Waals surface area contributed by atoms with Crippen molar-refractivity contribution < 1.29 is 66.8 Å². The molecule has 0 aromatic heterocycles. The van der Waals surface area contributed by atoms with Crippen LogP contribution in [0, 0.1) is 0 Å². The molecule has 0 saturated carbocycles. The highest BCUT2D eigenvalue weighted by Crippen LogP contribution is 2.27. The molecule has 1 heterocycles. The molecule has 0 bridgehead atoms. The number of nitrogens with two attached hydrogens (primary N) is 1. The molecule has 18 heteroatoms. The fourth-order valence-corrected chi connectivity index (χ4v) is 4.18. The summed E-state index contributed by atoms with van der Waals surface area (Å²) in [5, 5.41) is 7.48. The minimum atomic E-state index is -1.66. The first-order chi connectivity index (χ1) is 21.2. The van der Waals surface area contributed by atoms with Gasteiger partial charge in [-0.3, -0.25) is 28.8 Å².